The van der Waals surface area contributed by atoms with Gasteiger partial charge in [0.05, 0.1) is 29.1 Å². The van der Waals surface area contributed by atoms with Crippen molar-refractivity contribution in [3.05, 3.63) is 59.0 Å². The van der Waals surface area contributed by atoms with E-state index < -0.39 is 21.2 Å². The van der Waals surface area contributed by atoms with Gasteiger partial charge in [0.2, 0.25) is 21.9 Å². The SMILES string of the molecule is COc1cccc(-c2nnc(NS(=O)(=O)[C@@H](C)[C@H](C)c3ncc(Cl)cn3)n2C(c2conc2C)C2CC2)n1. The molecule has 4 aromatic heterocycles. The van der Waals surface area contributed by atoms with Crippen molar-refractivity contribution in [2.45, 2.75) is 50.8 Å². The van der Waals surface area contributed by atoms with Crippen molar-refractivity contribution in [3.8, 4) is 17.4 Å². The minimum Gasteiger partial charge on any atom is -0.481 e. The molecule has 0 bridgehead atoms. The van der Waals surface area contributed by atoms with Gasteiger partial charge in [-0.15, -0.1) is 10.2 Å². The number of ether oxygens (including phenoxy) is 1. The molecule has 3 atom stereocenters. The van der Waals surface area contributed by atoms with Crippen molar-refractivity contribution in [2.24, 2.45) is 5.92 Å². The van der Waals surface area contributed by atoms with Crippen molar-refractivity contribution in [1.29, 1.82) is 0 Å². The number of nitrogens with zero attached hydrogens (tertiary/aromatic N) is 7. The Bertz CT molecular complexity index is 1540. The summed E-state index contributed by atoms with van der Waals surface area (Å²) in [4.78, 5) is 12.9. The van der Waals surface area contributed by atoms with Crippen molar-refractivity contribution >= 4 is 27.6 Å². The van der Waals surface area contributed by atoms with Crippen molar-refractivity contribution in [3.63, 3.8) is 0 Å². The van der Waals surface area contributed by atoms with Crippen molar-refractivity contribution in [1.82, 2.24) is 34.9 Å². The van der Waals surface area contributed by atoms with E-state index in [1.54, 1.807) is 42.9 Å². The van der Waals surface area contributed by atoms with Crippen LogP contribution in [0.4, 0.5) is 5.95 Å². The number of methoxy groups -OCH3 is 1. The van der Waals surface area contributed by atoms with Crippen LogP contribution in [0.2, 0.25) is 5.02 Å². The van der Waals surface area contributed by atoms with Gasteiger partial charge in [-0.05, 0) is 38.7 Å². The van der Waals surface area contributed by atoms with Crippen LogP contribution in [0.5, 0.6) is 5.88 Å². The van der Waals surface area contributed by atoms with Crippen LogP contribution in [-0.4, -0.2) is 55.7 Å². The van der Waals surface area contributed by atoms with E-state index in [9.17, 15) is 8.42 Å². The third kappa shape index (κ3) is 5.07. The standard InChI is InChI=1S/C24H27ClN8O4S/c1-13(22-26-10-17(25)11-27-22)15(3)38(34,35)32-24-30-29-23(19-6-5-7-20(28-19)36-4)33(24)21(16-8-9-16)18-12-37-31-14(18)2/h5-7,10-13,15-16,21H,8-9H2,1-4H3,(H,30,32)/t13-,15-,21?/m0/s1. The van der Waals surface area contributed by atoms with Crippen LogP contribution >= 0.6 is 11.6 Å². The highest BCUT2D eigenvalue weighted by Crippen LogP contribution is 2.47. The minimum atomic E-state index is -3.96. The number of pyridine rings is 1. The maximum atomic E-state index is 13.6. The van der Waals surface area contributed by atoms with E-state index in [1.807, 2.05) is 6.92 Å². The van der Waals surface area contributed by atoms with Crippen LogP contribution in [0.15, 0.2) is 41.4 Å². The predicted molar refractivity (Wildman–Crippen MR) is 139 cm³/mol. The van der Waals surface area contributed by atoms with E-state index in [4.69, 9.17) is 20.9 Å². The number of nitrogens with one attached hydrogen (secondary N) is 1. The van der Waals surface area contributed by atoms with E-state index in [-0.39, 0.29) is 17.9 Å². The van der Waals surface area contributed by atoms with E-state index in [0.717, 1.165) is 18.4 Å². The van der Waals surface area contributed by atoms with Gasteiger partial charge in [-0.25, -0.2) is 23.4 Å². The second-order valence-electron chi connectivity index (χ2n) is 9.32. The monoisotopic (exact) mass is 558 g/mol. The largest absolute Gasteiger partial charge is 0.481 e. The summed E-state index contributed by atoms with van der Waals surface area (Å²) in [5.74, 6) is 0.912. The molecule has 0 amide bonds. The van der Waals surface area contributed by atoms with Gasteiger partial charge in [0.15, 0.2) is 5.82 Å². The quantitative estimate of drug-likeness (QED) is 0.302. The van der Waals surface area contributed by atoms with Gasteiger partial charge in [-0.1, -0.05) is 29.7 Å². The Morgan fingerprint density at radius 1 is 1.18 bits per heavy atom. The Kier molecular flexibility index (Phi) is 7.05. The first-order chi connectivity index (χ1) is 18.2. The first kappa shape index (κ1) is 26.0. The molecule has 1 N–H and O–H groups in total. The van der Waals surface area contributed by atoms with E-state index in [2.05, 4.69) is 35.0 Å². The van der Waals surface area contributed by atoms with Crippen LogP contribution in [0.3, 0.4) is 0 Å². The number of sulfonamides is 1. The van der Waals surface area contributed by atoms with E-state index in [1.165, 1.54) is 19.5 Å². The molecular formula is C24H27ClN8O4S. The van der Waals surface area contributed by atoms with Crippen LogP contribution in [0, 0.1) is 12.8 Å². The fraction of sp³-hybridized carbons (Fsp3) is 0.417. The Hall–Kier alpha value is -3.58. The molecule has 0 spiro atoms. The van der Waals surface area contributed by atoms with Gasteiger partial charge in [0.25, 0.3) is 0 Å². The van der Waals surface area contributed by atoms with Crippen molar-refractivity contribution < 1.29 is 17.7 Å². The van der Waals surface area contributed by atoms with Gasteiger partial charge in [-0.2, -0.15) is 0 Å². The molecule has 1 fully saturated rings. The van der Waals surface area contributed by atoms with Crippen LogP contribution in [-0.2, 0) is 10.0 Å². The topological polar surface area (TPSA) is 151 Å². The first-order valence-electron chi connectivity index (χ1n) is 12.1. The third-order valence-corrected chi connectivity index (χ3v) is 8.83. The fourth-order valence-electron chi connectivity index (χ4n) is 4.31. The van der Waals surface area contributed by atoms with Crippen LogP contribution in [0.25, 0.3) is 11.5 Å². The lowest BCUT2D eigenvalue weighted by Gasteiger charge is -2.23. The lowest BCUT2D eigenvalue weighted by Crippen LogP contribution is -2.32. The third-order valence-electron chi connectivity index (χ3n) is 6.78. The summed E-state index contributed by atoms with van der Waals surface area (Å²) in [6.07, 6.45) is 6.37. The summed E-state index contributed by atoms with van der Waals surface area (Å²) in [5.41, 5.74) is 2.02. The Labute approximate surface area is 224 Å². The average Bonchev–Trinajstić information content (AvgIpc) is 3.54. The zero-order valence-electron chi connectivity index (χ0n) is 21.2. The number of aromatic nitrogens is 7. The Morgan fingerprint density at radius 2 is 1.92 bits per heavy atom. The molecule has 0 aromatic carbocycles. The van der Waals surface area contributed by atoms with E-state index in [0.29, 0.717) is 33.9 Å². The molecule has 1 saturated carbocycles. The molecule has 38 heavy (non-hydrogen) atoms. The maximum absolute atomic E-state index is 13.6. The smallest absolute Gasteiger partial charge is 0.239 e. The molecule has 200 valence electrons. The molecule has 5 rings (SSSR count). The van der Waals surface area contributed by atoms with Crippen molar-refractivity contribution in [2.75, 3.05) is 11.8 Å². The summed E-state index contributed by atoms with van der Waals surface area (Å²) in [6.45, 7) is 5.19. The maximum Gasteiger partial charge on any atom is 0.239 e. The molecule has 1 aliphatic carbocycles. The minimum absolute atomic E-state index is 0.0678. The average molecular weight is 559 g/mol. The summed E-state index contributed by atoms with van der Waals surface area (Å²) < 4.78 is 42.2. The Morgan fingerprint density at radius 3 is 2.55 bits per heavy atom. The highest BCUT2D eigenvalue weighted by Gasteiger charge is 2.40. The summed E-state index contributed by atoms with van der Waals surface area (Å²) in [7, 11) is -2.44. The number of halogens is 1. The predicted octanol–water partition coefficient (Wildman–Crippen LogP) is 4.02. The molecule has 12 nitrogen and oxygen atoms in total. The molecule has 14 heteroatoms. The van der Waals surface area contributed by atoms with Gasteiger partial charge in [0.1, 0.15) is 17.8 Å². The molecule has 1 unspecified atom stereocenters. The number of rotatable bonds is 10. The number of hydrogen-bond donors (Lipinski definition) is 1. The second-order valence-corrected chi connectivity index (χ2v) is 11.8. The molecule has 4 heterocycles. The molecule has 0 saturated heterocycles. The molecule has 4 aromatic rings. The van der Waals surface area contributed by atoms with Gasteiger partial charge in [0, 0.05) is 29.9 Å². The summed E-state index contributed by atoms with van der Waals surface area (Å²) in [5, 5.41) is 12.2. The van der Waals surface area contributed by atoms with Gasteiger partial charge in [-0.3, -0.25) is 9.29 Å². The Balaban J connectivity index is 1.57. The lowest BCUT2D eigenvalue weighted by molar-refractivity contribution is 0.398. The van der Waals surface area contributed by atoms with Gasteiger partial charge < -0.3 is 9.26 Å². The highest BCUT2D eigenvalue weighted by molar-refractivity contribution is 7.93. The summed E-state index contributed by atoms with van der Waals surface area (Å²) >= 11 is 5.90. The van der Waals surface area contributed by atoms with Gasteiger partial charge >= 0.3 is 0 Å². The van der Waals surface area contributed by atoms with Crippen LogP contribution < -0.4 is 9.46 Å². The molecule has 1 aliphatic rings. The normalized spacial score (nSPS) is 16.1. The zero-order chi connectivity index (χ0) is 27.0. The molecule has 0 radical (unpaired) electrons. The summed E-state index contributed by atoms with van der Waals surface area (Å²) in [6, 6.07) is 4.97. The zero-order valence-corrected chi connectivity index (χ0v) is 22.8. The number of hydrogen-bond acceptors (Lipinski definition) is 10. The van der Waals surface area contributed by atoms with E-state index >= 15 is 0 Å². The number of anilines is 1. The number of aryl methyl sites for hydroxylation is 1. The highest BCUT2D eigenvalue weighted by atomic mass is 35.5. The lowest BCUT2D eigenvalue weighted by atomic mass is 10.0. The first-order valence-corrected chi connectivity index (χ1v) is 14.0. The van der Waals surface area contributed by atoms with Crippen LogP contribution in [0.1, 0.15) is 55.7 Å². The molecular weight excluding hydrogens is 532 g/mol. The second kappa shape index (κ2) is 10.3. The fourth-order valence-corrected chi connectivity index (χ4v) is 5.64. The molecule has 0 aliphatic heterocycles.